The van der Waals surface area contributed by atoms with Crippen molar-refractivity contribution >= 4 is 18.3 Å². The first-order valence-corrected chi connectivity index (χ1v) is 5.76. The van der Waals surface area contributed by atoms with Gasteiger partial charge in [-0.05, 0) is 37.4 Å². The minimum atomic E-state index is 0. The SMILES string of the molecule is Cl.O=C(NCCc1cccnc1)C1CCCN1. The maximum atomic E-state index is 11.6. The summed E-state index contributed by atoms with van der Waals surface area (Å²) in [4.78, 5) is 15.7. The van der Waals surface area contributed by atoms with E-state index in [1.54, 1.807) is 6.20 Å². The Morgan fingerprint density at radius 2 is 2.47 bits per heavy atom. The smallest absolute Gasteiger partial charge is 0.237 e. The summed E-state index contributed by atoms with van der Waals surface area (Å²) in [5.74, 6) is 0.126. The molecule has 0 aliphatic carbocycles. The molecule has 94 valence electrons. The standard InChI is InChI=1S/C12H17N3O.ClH/c16-12(11-4-2-7-14-11)15-8-5-10-3-1-6-13-9-10;/h1,3,6,9,11,14H,2,4-5,7-8H2,(H,15,16);1H. The average molecular weight is 256 g/mol. The molecule has 1 aromatic rings. The number of pyridine rings is 1. The Morgan fingerprint density at radius 1 is 1.59 bits per heavy atom. The van der Waals surface area contributed by atoms with E-state index in [4.69, 9.17) is 0 Å². The molecule has 0 aromatic carbocycles. The van der Waals surface area contributed by atoms with E-state index in [2.05, 4.69) is 15.6 Å². The predicted molar refractivity (Wildman–Crippen MR) is 69.2 cm³/mol. The van der Waals surface area contributed by atoms with Crippen molar-refractivity contribution in [2.24, 2.45) is 0 Å². The Hall–Kier alpha value is -1.13. The fraction of sp³-hybridized carbons (Fsp3) is 0.500. The predicted octanol–water partition coefficient (Wildman–Crippen LogP) is 0.914. The molecule has 1 unspecified atom stereocenters. The van der Waals surface area contributed by atoms with Gasteiger partial charge in [-0.3, -0.25) is 9.78 Å². The minimum Gasteiger partial charge on any atom is -0.354 e. The number of carbonyl (C=O) groups excluding carboxylic acids is 1. The van der Waals surface area contributed by atoms with E-state index in [0.717, 1.165) is 31.4 Å². The first kappa shape index (κ1) is 13.9. The zero-order valence-electron chi connectivity index (χ0n) is 9.69. The van der Waals surface area contributed by atoms with Crippen LogP contribution in [0.15, 0.2) is 24.5 Å². The molecule has 0 bridgehead atoms. The van der Waals surface area contributed by atoms with Gasteiger partial charge in [0.05, 0.1) is 6.04 Å². The van der Waals surface area contributed by atoms with Crippen molar-refractivity contribution in [3.05, 3.63) is 30.1 Å². The Labute approximate surface area is 108 Å². The van der Waals surface area contributed by atoms with E-state index in [0.29, 0.717) is 6.54 Å². The van der Waals surface area contributed by atoms with Gasteiger partial charge in [-0.15, -0.1) is 12.4 Å². The third kappa shape index (κ3) is 4.32. The first-order valence-electron chi connectivity index (χ1n) is 5.76. The number of halogens is 1. The quantitative estimate of drug-likeness (QED) is 0.841. The van der Waals surface area contributed by atoms with E-state index in [1.807, 2.05) is 18.3 Å². The Balaban J connectivity index is 0.00000144. The third-order valence-electron chi connectivity index (χ3n) is 2.81. The maximum absolute atomic E-state index is 11.6. The number of aromatic nitrogens is 1. The van der Waals surface area contributed by atoms with Gasteiger partial charge in [-0.2, -0.15) is 0 Å². The third-order valence-corrected chi connectivity index (χ3v) is 2.81. The lowest BCUT2D eigenvalue weighted by molar-refractivity contribution is -0.122. The maximum Gasteiger partial charge on any atom is 0.237 e. The van der Waals surface area contributed by atoms with E-state index in [9.17, 15) is 4.79 Å². The molecule has 1 saturated heterocycles. The van der Waals surface area contributed by atoms with Gasteiger partial charge >= 0.3 is 0 Å². The Morgan fingerprint density at radius 3 is 3.12 bits per heavy atom. The Kier molecular flexibility index (Phi) is 5.94. The first-order chi connectivity index (χ1) is 7.86. The second-order valence-corrected chi connectivity index (χ2v) is 4.05. The van der Waals surface area contributed by atoms with Crippen molar-refractivity contribution in [3.8, 4) is 0 Å². The largest absolute Gasteiger partial charge is 0.354 e. The highest BCUT2D eigenvalue weighted by atomic mass is 35.5. The van der Waals surface area contributed by atoms with Crippen molar-refractivity contribution in [2.75, 3.05) is 13.1 Å². The van der Waals surface area contributed by atoms with Crippen molar-refractivity contribution in [2.45, 2.75) is 25.3 Å². The molecule has 5 heteroatoms. The van der Waals surface area contributed by atoms with E-state index >= 15 is 0 Å². The van der Waals surface area contributed by atoms with Gasteiger partial charge in [0.2, 0.25) is 5.91 Å². The summed E-state index contributed by atoms with van der Waals surface area (Å²) < 4.78 is 0. The number of nitrogens with zero attached hydrogens (tertiary/aromatic N) is 1. The molecule has 4 nitrogen and oxygen atoms in total. The van der Waals surface area contributed by atoms with Crippen LogP contribution in [0.5, 0.6) is 0 Å². The second-order valence-electron chi connectivity index (χ2n) is 4.05. The van der Waals surface area contributed by atoms with Crippen molar-refractivity contribution in [1.29, 1.82) is 0 Å². The van der Waals surface area contributed by atoms with Gasteiger partial charge in [0, 0.05) is 18.9 Å². The lowest BCUT2D eigenvalue weighted by atomic mass is 10.2. The Bertz CT molecular complexity index is 339. The topological polar surface area (TPSA) is 54.0 Å². The highest BCUT2D eigenvalue weighted by molar-refractivity contribution is 5.85. The van der Waals surface area contributed by atoms with E-state index in [-0.39, 0.29) is 24.4 Å². The highest BCUT2D eigenvalue weighted by Crippen LogP contribution is 2.04. The fourth-order valence-corrected chi connectivity index (χ4v) is 1.91. The molecule has 0 spiro atoms. The molecular weight excluding hydrogens is 238 g/mol. The summed E-state index contributed by atoms with van der Waals surface area (Å²) in [5, 5.41) is 6.12. The number of rotatable bonds is 4. The van der Waals surface area contributed by atoms with Crippen molar-refractivity contribution in [3.63, 3.8) is 0 Å². The number of hydrogen-bond donors (Lipinski definition) is 2. The van der Waals surface area contributed by atoms with Crippen LogP contribution in [0.2, 0.25) is 0 Å². The number of hydrogen-bond acceptors (Lipinski definition) is 3. The van der Waals surface area contributed by atoms with Gasteiger partial charge < -0.3 is 10.6 Å². The van der Waals surface area contributed by atoms with Crippen LogP contribution in [0.25, 0.3) is 0 Å². The molecular formula is C12H18ClN3O. The van der Waals surface area contributed by atoms with Crippen LogP contribution in [0.4, 0.5) is 0 Å². The molecule has 1 atom stereocenters. The normalized spacial score (nSPS) is 18.5. The summed E-state index contributed by atoms with van der Waals surface area (Å²) in [5.41, 5.74) is 1.15. The molecule has 1 aliphatic heterocycles. The van der Waals surface area contributed by atoms with E-state index < -0.39 is 0 Å². The molecule has 2 heterocycles. The van der Waals surface area contributed by atoms with Crippen molar-refractivity contribution in [1.82, 2.24) is 15.6 Å². The number of nitrogens with one attached hydrogen (secondary N) is 2. The van der Waals surface area contributed by atoms with Crippen LogP contribution in [-0.4, -0.2) is 30.0 Å². The zero-order chi connectivity index (χ0) is 11.2. The van der Waals surface area contributed by atoms with Crippen LogP contribution < -0.4 is 10.6 Å². The van der Waals surface area contributed by atoms with Gasteiger partial charge in [0.1, 0.15) is 0 Å². The minimum absolute atomic E-state index is 0. The molecule has 0 radical (unpaired) electrons. The molecule has 2 N–H and O–H groups in total. The van der Waals surface area contributed by atoms with Crippen LogP contribution in [-0.2, 0) is 11.2 Å². The van der Waals surface area contributed by atoms with Crippen LogP contribution in [0.3, 0.4) is 0 Å². The molecule has 1 aliphatic rings. The van der Waals surface area contributed by atoms with Crippen LogP contribution in [0.1, 0.15) is 18.4 Å². The lowest BCUT2D eigenvalue weighted by Gasteiger charge is -2.10. The summed E-state index contributed by atoms with van der Waals surface area (Å²) in [6.07, 6.45) is 6.48. The molecule has 1 amide bonds. The summed E-state index contributed by atoms with van der Waals surface area (Å²) in [6.45, 7) is 1.64. The van der Waals surface area contributed by atoms with Crippen molar-refractivity contribution < 1.29 is 4.79 Å². The molecule has 0 saturated carbocycles. The van der Waals surface area contributed by atoms with Gasteiger partial charge in [0.15, 0.2) is 0 Å². The van der Waals surface area contributed by atoms with E-state index in [1.165, 1.54) is 0 Å². The highest BCUT2D eigenvalue weighted by Gasteiger charge is 2.20. The molecule has 2 rings (SSSR count). The zero-order valence-corrected chi connectivity index (χ0v) is 10.5. The summed E-state index contributed by atoms with van der Waals surface area (Å²) >= 11 is 0. The van der Waals surface area contributed by atoms with Gasteiger partial charge in [0.25, 0.3) is 0 Å². The number of amides is 1. The van der Waals surface area contributed by atoms with Gasteiger partial charge in [-0.1, -0.05) is 6.07 Å². The number of carbonyl (C=O) groups is 1. The average Bonchev–Trinajstić information content (AvgIpc) is 2.84. The molecule has 1 fully saturated rings. The molecule has 1 aromatic heterocycles. The summed E-state index contributed by atoms with van der Waals surface area (Å²) in [7, 11) is 0. The van der Waals surface area contributed by atoms with Crippen LogP contribution >= 0.6 is 12.4 Å². The lowest BCUT2D eigenvalue weighted by Crippen LogP contribution is -2.41. The molecule has 17 heavy (non-hydrogen) atoms. The summed E-state index contributed by atoms with van der Waals surface area (Å²) in [6, 6.07) is 3.96. The fourth-order valence-electron chi connectivity index (χ4n) is 1.91. The second kappa shape index (κ2) is 7.25. The van der Waals surface area contributed by atoms with Crippen LogP contribution in [0, 0.1) is 0 Å². The monoisotopic (exact) mass is 255 g/mol. The van der Waals surface area contributed by atoms with Gasteiger partial charge in [-0.25, -0.2) is 0 Å².